The molecule has 0 bridgehead atoms. The van der Waals surface area contributed by atoms with Crippen LogP contribution in [-0.2, 0) is 11.3 Å². The van der Waals surface area contributed by atoms with Gasteiger partial charge in [0.15, 0.2) is 5.82 Å². The van der Waals surface area contributed by atoms with Crippen molar-refractivity contribution in [2.75, 3.05) is 0 Å². The summed E-state index contributed by atoms with van der Waals surface area (Å²) < 4.78 is 5.86. The molecule has 0 saturated carbocycles. The van der Waals surface area contributed by atoms with Crippen LogP contribution in [0.5, 0.6) is 0 Å². The SMILES string of the molecule is Cc1noc(=O)n1CCCCC(N)C(=O)O. The highest BCUT2D eigenvalue weighted by molar-refractivity contribution is 5.72. The van der Waals surface area contributed by atoms with Crippen molar-refractivity contribution in [3.63, 3.8) is 0 Å². The van der Waals surface area contributed by atoms with E-state index >= 15 is 0 Å². The van der Waals surface area contributed by atoms with E-state index in [1.807, 2.05) is 0 Å². The Balaban J connectivity index is 2.32. The molecule has 3 N–H and O–H groups in total. The predicted molar refractivity (Wildman–Crippen MR) is 55.0 cm³/mol. The Morgan fingerprint density at radius 2 is 2.31 bits per heavy atom. The van der Waals surface area contributed by atoms with Gasteiger partial charge in [0.25, 0.3) is 0 Å². The molecule has 7 nitrogen and oxygen atoms in total. The number of hydrogen-bond acceptors (Lipinski definition) is 5. The number of carbonyl (C=O) groups is 1. The maximum Gasteiger partial charge on any atom is 0.441 e. The summed E-state index contributed by atoms with van der Waals surface area (Å²) >= 11 is 0. The van der Waals surface area contributed by atoms with Gasteiger partial charge in [0.1, 0.15) is 6.04 Å². The first kappa shape index (κ1) is 12.4. The minimum atomic E-state index is -1.00. The van der Waals surface area contributed by atoms with Gasteiger partial charge in [0.2, 0.25) is 0 Å². The largest absolute Gasteiger partial charge is 0.480 e. The second-order valence-electron chi connectivity index (χ2n) is 3.59. The van der Waals surface area contributed by atoms with E-state index in [1.165, 1.54) is 4.57 Å². The Kier molecular flexibility index (Phi) is 4.24. The molecule has 0 radical (unpaired) electrons. The molecule has 1 unspecified atom stereocenters. The van der Waals surface area contributed by atoms with Crippen LogP contribution in [0.25, 0.3) is 0 Å². The summed E-state index contributed by atoms with van der Waals surface area (Å²) in [7, 11) is 0. The average Bonchev–Trinajstić information content (AvgIpc) is 2.54. The van der Waals surface area contributed by atoms with Gasteiger partial charge in [-0.1, -0.05) is 5.16 Å². The Labute approximate surface area is 91.8 Å². The van der Waals surface area contributed by atoms with Crippen molar-refractivity contribution in [2.45, 2.75) is 38.8 Å². The second-order valence-corrected chi connectivity index (χ2v) is 3.59. The molecule has 0 amide bonds. The van der Waals surface area contributed by atoms with Crippen molar-refractivity contribution in [1.82, 2.24) is 9.72 Å². The van der Waals surface area contributed by atoms with Gasteiger partial charge in [0.05, 0.1) is 0 Å². The molecule has 0 aromatic carbocycles. The summed E-state index contributed by atoms with van der Waals surface area (Å²) in [5.74, 6) is -0.967. The number of hydrogen-bond donors (Lipinski definition) is 2. The molecule has 1 aromatic heterocycles. The van der Waals surface area contributed by atoms with E-state index in [9.17, 15) is 9.59 Å². The topological polar surface area (TPSA) is 111 Å². The molecule has 1 aromatic rings. The number of unbranched alkanes of at least 4 members (excludes halogenated alkanes) is 1. The van der Waals surface area contributed by atoms with Gasteiger partial charge in [-0.2, -0.15) is 0 Å². The highest BCUT2D eigenvalue weighted by atomic mass is 16.5. The number of nitrogens with zero attached hydrogens (tertiary/aromatic N) is 2. The van der Waals surface area contributed by atoms with Crippen molar-refractivity contribution in [3.05, 3.63) is 16.4 Å². The number of aliphatic carboxylic acids is 1. The van der Waals surface area contributed by atoms with Crippen molar-refractivity contribution >= 4 is 5.97 Å². The molecule has 0 aliphatic carbocycles. The first-order valence-corrected chi connectivity index (χ1v) is 5.04. The summed E-state index contributed by atoms with van der Waals surface area (Å²) in [6, 6.07) is -0.833. The van der Waals surface area contributed by atoms with E-state index in [-0.39, 0.29) is 0 Å². The van der Waals surface area contributed by atoms with Crippen molar-refractivity contribution in [3.8, 4) is 0 Å². The maximum absolute atomic E-state index is 11.1. The highest BCUT2D eigenvalue weighted by Gasteiger charge is 2.11. The standard InChI is InChI=1S/C9H15N3O4/c1-6-11-16-9(15)12(6)5-3-2-4-7(10)8(13)14/h7H,2-5,10H2,1H3,(H,13,14). The molecule has 0 spiro atoms. The molecule has 0 aliphatic heterocycles. The minimum absolute atomic E-state index is 0.397. The number of rotatable bonds is 6. The second kappa shape index (κ2) is 5.45. The summed E-state index contributed by atoms with van der Waals surface area (Å²) in [6.07, 6.45) is 1.71. The van der Waals surface area contributed by atoms with E-state index < -0.39 is 17.8 Å². The van der Waals surface area contributed by atoms with Crippen LogP contribution in [0.1, 0.15) is 25.1 Å². The van der Waals surface area contributed by atoms with Gasteiger partial charge >= 0.3 is 11.7 Å². The lowest BCUT2D eigenvalue weighted by molar-refractivity contribution is -0.138. The molecule has 0 saturated heterocycles. The Bertz CT molecular complexity index is 409. The monoisotopic (exact) mass is 229 g/mol. The zero-order valence-corrected chi connectivity index (χ0v) is 9.05. The molecule has 1 heterocycles. The fraction of sp³-hybridized carbons (Fsp3) is 0.667. The number of carboxylic acid groups (broad SMARTS) is 1. The van der Waals surface area contributed by atoms with Gasteiger partial charge in [0, 0.05) is 6.54 Å². The highest BCUT2D eigenvalue weighted by Crippen LogP contribution is 2.02. The normalized spacial score (nSPS) is 12.6. The van der Waals surface area contributed by atoms with Crippen LogP contribution in [0.15, 0.2) is 9.32 Å². The summed E-state index contributed by atoms with van der Waals surface area (Å²) in [6.45, 7) is 2.15. The third kappa shape index (κ3) is 3.20. The van der Waals surface area contributed by atoms with Crippen LogP contribution >= 0.6 is 0 Å². The quantitative estimate of drug-likeness (QED) is 0.649. The summed E-state index contributed by atoms with van der Waals surface area (Å²) in [5.41, 5.74) is 5.34. The van der Waals surface area contributed by atoms with Gasteiger partial charge in [-0.3, -0.25) is 13.9 Å². The van der Waals surface area contributed by atoms with E-state index in [2.05, 4.69) is 9.68 Å². The molecule has 7 heteroatoms. The van der Waals surface area contributed by atoms with Crippen LogP contribution in [0.2, 0.25) is 0 Å². The van der Waals surface area contributed by atoms with Crippen LogP contribution in [0.4, 0.5) is 0 Å². The van der Waals surface area contributed by atoms with Crippen molar-refractivity contribution in [2.24, 2.45) is 5.73 Å². The van der Waals surface area contributed by atoms with Gasteiger partial charge in [-0.15, -0.1) is 0 Å². The number of nitrogens with two attached hydrogens (primary N) is 1. The fourth-order valence-electron chi connectivity index (χ4n) is 1.35. The number of aryl methyl sites for hydroxylation is 1. The molecule has 0 fully saturated rings. The third-order valence-corrected chi connectivity index (χ3v) is 2.33. The first-order valence-electron chi connectivity index (χ1n) is 5.04. The number of carboxylic acids is 1. The first-order chi connectivity index (χ1) is 7.52. The predicted octanol–water partition coefficient (Wildman–Crippen LogP) is -0.273. The average molecular weight is 229 g/mol. The molecule has 16 heavy (non-hydrogen) atoms. The van der Waals surface area contributed by atoms with Crippen LogP contribution < -0.4 is 11.5 Å². The van der Waals surface area contributed by atoms with Crippen molar-refractivity contribution in [1.29, 1.82) is 0 Å². The van der Waals surface area contributed by atoms with Gasteiger partial charge in [-0.25, -0.2) is 4.79 Å². The Morgan fingerprint density at radius 3 is 2.81 bits per heavy atom. The molecular weight excluding hydrogens is 214 g/mol. The maximum atomic E-state index is 11.1. The zero-order chi connectivity index (χ0) is 12.1. The summed E-state index contributed by atoms with van der Waals surface area (Å²) in [5, 5.41) is 12.1. The molecule has 1 rings (SSSR count). The summed E-state index contributed by atoms with van der Waals surface area (Å²) in [4.78, 5) is 21.5. The van der Waals surface area contributed by atoms with Crippen LogP contribution in [-0.4, -0.2) is 26.8 Å². The van der Waals surface area contributed by atoms with Crippen LogP contribution in [0.3, 0.4) is 0 Å². The lowest BCUT2D eigenvalue weighted by atomic mass is 10.1. The molecule has 1 atom stereocenters. The van der Waals surface area contributed by atoms with E-state index in [1.54, 1.807) is 6.92 Å². The van der Waals surface area contributed by atoms with Crippen LogP contribution in [0, 0.1) is 6.92 Å². The zero-order valence-electron chi connectivity index (χ0n) is 9.05. The Hall–Kier alpha value is -1.63. The smallest absolute Gasteiger partial charge is 0.441 e. The van der Waals surface area contributed by atoms with E-state index in [0.717, 1.165) is 0 Å². The lowest BCUT2D eigenvalue weighted by Gasteiger charge is -2.05. The Morgan fingerprint density at radius 1 is 1.62 bits per heavy atom. The van der Waals surface area contributed by atoms with Crippen molar-refractivity contribution < 1.29 is 14.4 Å². The third-order valence-electron chi connectivity index (χ3n) is 2.33. The minimum Gasteiger partial charge on any atom is -0.480 e. The van der Waals surface area contributed by atoms with Gasteiger partial charge in [-0.05, 0) is 26.2 Å². The van der Waals surface area contributed by atoms with E-state index in [0.29, 0.717) is 31.6 Å². The number of aromatic nitrogens is 2. The molecule has 90 valence electrons. The van der Waals surface area contributed by atoms with Gasteiger partial charge < -0.3 is 10.8 Å². The molecular formula is C9H15N3O4. The molecule has 0 aliphatic rings. The fourth-order valence-corrected chi connectivity index (χ4v) is 1.35. The lowest BCUT2D eigenvalue weighted by Crippen LogP contribution is -2.29. The van der Waals surface area contributed by atoms with E-state index in [4.69, 9.17) is 10.8 Å².